The van der Waals surface area contributed by atoms with Crippen LogP contribution in [0.4, 0.5) is 0 Å². The van der Waals surface area contributed by atoms with Crippen LogP contribution in [0.2, 0.25) is 5.02 Å². The lowest BCUT2D eigenvalue weighted by Crippen LogP contribution is -2.44. The number of halogens is 1. The Hall–Kier alpha value is -1.89. The van der Waals surface area contributed by atoms with Gasteiger partial charge in [-0.2, -0.15) is 5.10 Å². The van der Waals surface area contributed by atoms with Gasteiger partial charge in [0.15, 0.2) is 0 Å². The number of aryl methyl sites for hydroxylation is 1. The summed E-state index contributed by atoms with van der Waals surface area (Å²) in [5.41, 5.74) is 2.39. The Balaban J connectivity index is 1.48. The standard InChI is InChI=1S/C23H31ClN4O2/c1-16-11-21(27-28(16)18-13-25-14-18)17-7-8-20(24)19(12-17)22(29)26-15-23(30)9-5-3-2-4-6-10-23/h7-8,11-12,18,25,30H,2-6,9-10,13-15H2,1H3,(H,26,29). The van der Waals surface area contributed by atoms with E-state index in [0.717, 1.165) is 68.6 Å². The highest BCUT2D eigenvalue weighted by atomic mass is 35.5. The third-order valence-electron chi connectivity index (χ3n) is 6.40. The summed E-state index contributed by atoms with van der Waals surface area (Å²) >= 11 is 6.34. The molecule has 6 nitrogen and oxygen atoms in total. The maximum atomic E-state index is 12.9. The van der Waals surface area contributed by atoms with Crippen molar-refractivity contribution in [3.05, 3.63) is 40.5 Å². The minimum Gasteiger partial charge on any atom is -0.388 e. The van der Waals surface area contributed by atoms with Gasteiger partial charge in [-0.15, -0.1) is 0 Å². The molecule has 1 aromatic carbocycles. The number of nitrogens with one attached hydrogen (secondary N) is 2. The van der Waals surface area contributed by atoms with E-state index in [1.807, 2.05) is 23.7 Å². The van der Waals surface area contributed by atoms with Crippen molar-refractivity contribution in [2.75, 3.05) is 19.6 Å². The molecule has 1 saturated carbocycles. The van der Waals surface area contributed by atoms with Gasteiger partial charge < -0.3 is 15.7 Å². The van der Waals surface area contributed by atoms with Crippen LogP contribution in [-0.4, -0.2) is 46.0 Å². The van der Waals surface area contributed by atoms with E-state index in [1.54, 1.807) is 12.1 Å². The second kappa shape index (κ2) is 9.08. The molecule has 1 aromatic heterocycles. The Morgan fingerprint density at radius 1 is 1.23 bits per heavy atom. The molecule has 0 unspecified atom stereocenters. The average molecular weight is 431 g/mol. The van der Waals surface area contributed by atoms with Gasteiger partial charge in [0.25, 0.3) is 5.91 Å². The molecule has 30 heavy (non-hydrogen) atoms. The quantitative estimate of drug-likeness (QED) is 0.672. The largest absolute Gasteiger partial charge is 0.388 e. The molecule has 0 spiro atoms. The number of hydrogen-bond donors (Lipinski definition) is 3. The minimum absolute atomic E-state index is 0.253. The highest BCUT2D eigenvalue weighted by Crippen LogP contribution is 2.28. The zero-order valence-corrected chi connectivity index (χ0v) is 18.3. The topological polar surface area (TPSA) is 79.2 Å². The Labute approximate surface area is 183 Å². The van der Waals surface area contributed by atoms with Gasteiger partial charge in [-0.1, -0.05) is 49.8 Å². The zero-order valence-electron chi connectivity index (χ0n) is 17.6. The summed E-state index contributed by atoms with van der Waals surface area (Å²) in [6, 6.07) is 7.87. The van der Waals surface area contributed by atoms with Crippen LogP contribution in [0.3, 0.4) is 0 Å². The molecule has 2 aliphatic rings. The molecule has 0 radical (unpaired) electrons. The number of hydrogen-bond acceptors (Lipinski definition) is 4. The predicted octanol–water partition coefficient (Wildman–Crippen LogP) is 3.86. The lowest BCUT2D eigenvalue weighted by Gasteiger charge is -2.30. The van der Waals surface area contributed by atoms with E-state index in [1.165, 1.54) is 6.42 Å². The summed E-state index contributed by atoms with van der Waals surface area (Å²) in [7, 11) is 0. The molecule has 162 valence electrons. The monoisotopic (exact) mass is 430 g/mol. The maximum Gasteiger partial charge on any atom is 0.252 e. The lowest BCUT2D eigenvalue weighted by atomic mass is 9.87. The van der Waals surface area contributed by atoms with Crippen LogP contribution in [0, 0.1) is 6.92 Å². The molecule has 1 aliphatic carbocycles. The van der Waals surface area contributed by atoms with E-state index in [2.05, 4.69) is 10.6 Å². The van der Waals surface area contributed by atoms with Crippen molar-refractivity contribution in [2.24, 2.45) is 0 Å². The van der Waals surface area contributed by atoms with Crippen LogP contribution in [0.15, 0.2) is 24.3 Å². The first-order valence-corrected chi connectivity index (χ1v) is 11.4. The SMILES string of the molecule is Cc1cc(-c2ccc(Cl)c(C(=O)NCC3(O)CCCCCCC3)c2)nn1C1CNC1. The molecule has 0 bridgehead atoms. The molecule has 0 atom stereocenters. The van der Waals surface area contributed by atoms with Crippen LogP contribution in [0.1, 0.15) is 67.0 Å². The van der Waals surface area contributed by atoms with E-state index in [9.17, 15) is 9.90 Å². The van der Waals surface area contributed by atoms with E-state index in [4.69, 9.17) is 16.7 Å². The second-order valence-electron chi connectivity index (χ2n) is 8.80. The normalized spacial score (nSPS) is 19.6. The summed E-state index contributed by atoms with van der Waals surface area (Å²) < 4.78 is 2.05. The number of carbonyl (C=O) groups is 1. The number of carbonyl (C=O) groups excluding carboxylic acids is 1. The fourth-order valence-corrected chi connectivity index (χ4v) is 4.59. The number of aromatic nitrogens is 2. The summed E-state index contributed by atoms with van der Waals surface area (Å²) in [6.07, 6.45) is 6.99. The minimum atomic E-state index is -0.827. The van der Waals surface area contributed by atoms with E-state index in [-0.39, 0.29) is 12.5 Å². The molecule has 2 fully saturated rings. The highest BCUT2D eigenvalue weighted by molar-refractivity contribution is 6.34. The maximum absolute atomic E-state index is 12.9. The molecule has 3 N–H and O–H groups in total. The summed E-state index contributed by atoms with van der Waals surface area (Å²) in [4.78, 5) is 12.9. The second-order valence-corrected chi connectivity index (χ2v) is 9.20. The first-order valence-electron chi connectivity index (χ1n) is 11.0. The third-order valence-corrected chi connectivity index (χ3v) is 6.73. The molecule has 1 amide bonds. The van der Waals surface area contributed by atoms with Crippen LogP contribution in [-0.2, 0) is 0 Å². The number of benzene rings is 1. The molecule has 7 heteroatoms. The Morgan fingerprint density at radius 2 is 1.93 bits per heavy atom. The van der Waals surface area contributed by atoms with Crippen molar-refractivity contribution in [2.45, 2.75) is 63.5 Å². The van der Waals surface area contributed by atoms with E-state index in [0.29, 0.717) is 16.6 Å². The van der Waals surface area contributed by atoms with Gasteiger partial charge in [-0.3, -0.25) is 9.48 Å². The van der Waals surface area contributed by atoms with Gasteiger partial charge in [0.1, 0.15) is 0 Å². The highest BCUT2D eigenvalue weighted by Gasteiger charge is 2.28. The van der Waals surface area contributed by atoms with Gasteiger partial charge in [0, 0.05) is 30.9 Å². The first kappa shape index (κ1) is 21.3. The Kier molecular flexibility index (Phi) is 6.46. The van der Waals surface area contributed by atoms with Gasteiger partial charge >= 0.3 is 0 Å². The van der Waals surface area contributed by atoms with Crippen LogP contribution in [0.5, 0.6) is 0 Å². The van der Waals surface area contributed by atoms with Gasteiger partial charge in [0.05, 0.1) is 27.9 Å². The summed E-state index contributed by atoms with van der Waals surface area (Å²) in [5.74, 6) is -0.253. The van der Waals surface area contributed by atoms with Crippen LogP contribution < -0.4 is 10.6 Å². The van der Waals surface area contributed by atoms with Crippen molar-refractivity contribution >= 4 is 17.5 Å². The molecule has 1 saturated heterocycles. The summed E-state index contributed by atoms with van der Waals surface area (Å²) in [6.45, 7) is 4.17. The molecular formula is C23H31ClN4O2. The number of aliphatic hydroxyl groups is 1. The van der Waals surface area contributed by atoms with E-state index >= 15 is 0 Å². The fourth-order valence-electron chi connectivity index (χ4n) is 4.38. The van der Waals surface area contributed by atoms with Crippen molar-refractivity contribution in [3.63, 3.8) is 0 Å². The van der Waals surface area contributed by atoms with Crippen LogP contribution >= 0.6 is 11.6 Å². The summed E-state index contributed by atoms with van der Waals surface area (Å²) in [5, 5.41) is 22.3. The zero-order chi connectivity index (χ0) is 21.1. The fraction of sp³-hybridized carbons (Fsp3) is 0.565. The smallest absolute Gasteiger partial charge is 0.252 e. The van der Waals surface area contributed by atoms with Gasteiger partial charge in [0.2, 0.25) is 0 Å². The van der Waals surface area contributed by atoms with E-state index < -0.39 is 5.60 Å². The lowest BCUT2D eigenvalue weighted by molar-refractivity contribution is 0.0146. The van der Waals surface area contributed by atoms with Crippen molar-refractivity contribution in [3.8, 4) is 11.3 Å². The Bertz CT molecular complexity index is 899. The predicted molar refractivity (Wildman–Crippen MR) is 119 cm³/mol. The first-order chi connectivity index (χ1) is 14.5. The molecular weight excluding hydrogens is 400 g/mol. The number of nitrogens with zero attached hydrogens (tertiary/aromatic N) is 2. The molecule has 2 heterocycles. The average Bonchev–Trinajstić information content (AvgIpc) is 3.03. The van der Waals surface area contributed by atoms with Crippen LogP contribution in [0.25, 0.3) is 11.3 Å². The van der Waals surface area contributed by atoms with Gasteiger partial charge in [-0.05, 0) is 38.0 Å². The van der Waals surface area contributed by atoms with Gasteiger partial charge in [-0.25, -0.2) is 0 Å². The van der Waals surface area contributed by atoms with Crippen molar-refractivity contribution in [1.82, 2.24) is 20.4 Å². The third kappa shape index (κ3) is 4.71. The molecule has 1 aliphatic heterocycles. The number of amides is 1. The Morgan fingerprint density at radius 3 is 2.60 bits per heavy atom. The van der Waals surface area contributed by atoms with Crippen molar-refractivity contribution in [1.29, 1.82) is 0 Å². The van der Waals surface area contributed by atoms with Crippen molar-refractivity contribution < 1.29 is 9.90 Å². The number of rotatable bonds is 5. The molecule has 4 rings (SSSR count). The molecule has 2 aromatic rings.